The van der Waals surface area contributed by atoms with Gasteiger partial charge in [-0.25, -0.2) is 4.98 Å². The first kappa shape index (κ1) is 11.1. The average Bonchev–Trinajstić information content (AvgIpc) is 2.49. The van der Waals surface area contributed by atoms with E-state index in [0.29, 0.717) is 0 Å². The summed E-state index contributed by atoms with van der Waals surface area (Å²) in [7, 11) is 0. The van der Waals surface area contributed by atoms with Crippen LogP contribution in [0.1, 0.15) is 49.7 Å². The minimum Gasteiger partial charge on any atom is -0.311 e. The van der Waals surface area contributed by atoms with Crippen LogP contribution >= 0.6 is 11.3 Å². The first-order valence-electron chi connectivity index (χ1n) is 5.90. The highest BCUT2D eigenvalue weighted by atomic mass is 32.1. The summed E-state index contributed by atoms with van der Waals surface area (Å²) in [5, 5.41) is 7.01. The Balaban J connectivity index is 1.79. The molecule has 0 spiro atoms. The molecule has 1 fully saturated rings. The lowest BCUT2D eigenvalue weighted by Gasteiger charge is -2.22. The highest BCUT2D eigenvalue weighted by molar-refractivity contribution is 7.09. The second kappa shape index (κ2) is 5.08. The van der Waals surface area contributed by atoms with Gasteiger partial charge in [0.15, 0.2) is 0 Å². The van der Waals surface area contributed by atoms with Crippen LogP contribution in [0.25, 0.3) is 0 Å². The number of nitrogens with one attached hydrogen (secondary N) is 1. The van der Waals surface area contributed by atoms with Crippen LogP contribution in [-0.2, 0) is 6.54 Å². The van der Waals surface area contributed by atoms with Crippen molar-refractivity contribution in [1.82, 2.24) is 10.3 Å². The molecule has 1 heterocycles. The molecule has 3 heteroatoms. The average molecular weight is 224 g/mol. The van der Waals surface area contributed by atoms with Crippen molar-refractivity contribution in [2.75, 3.05) is 6.54 Å². The van der Waals surface area contributed by atoms with Crippen molar-refractivity contribution in [3.05, 3.63) is 16.1 Å². The highest BCUT2D eigenvalue weighted by Crippen LogP contribution is 2.37. The molecule has 0 radical (unpaired) electrons. The summed E-state index contributed by atoms with van der Waals surface area (Å²) in [6.45, 7) is 6.47. The van der Waals surface area contributed by atoms with E-state index in [1.165, 1.54) is 30.0 Å². The number of hydrogen-bond acceptors (Lipinski definition) is 3. The Bertz CT molecular complexity index is 302. The fourth-order valence-corrected chi connectivity index (χ4v) is 2.73. The van der Waals surface area contributed by atoms with Gasteiger partial charge >= 0.3 is 0 Å². The third-order valence-corrected chi connectivity index (χ3v) is 3.94. The molecular weight excluding hydrogens is 204 g/mol. The van der Waals surface area contributed by atoms with Crippen molar-refractivity contribution in [2.24, 2.45) is 5.92 Å². The zero-order valence-electron chi connectivity index (χ0n) is 9.62. The van der Waals surface area contributed by atoms with Crippen molar-refractivity contribution in [2.45, 2.75) is 45.6 Å². The van der Waals surface area contributed by atoms with E-state index in [-0.39, 0.29) is 0 Å². The standard InChI is InChI=1S/C12H20N2S/c1-9(2)6-13-7-11-8-15-12(14-11)10-4-3-5-10/h8-10,13H,3-7H2,1-2H3. The summed E-state index contributed by atoms with van der Waals surface area (Å²) in [6, 6.07) is 0. The number of hydrogen-bond donors (Lipinski definition) is 1. The van der Waals surface area contributed by atoms with Gasteiger partial charge < -0.3 is 5.32 Å². The van der Waals surface area contributed by atoms with Gasteiger partial charge in [-0.15, -0.1) is 11.3 Å². The lowest BCUT2D eigenvalue weighted by Crippen LogP contribution is -2.19. The molecule has 0 saturated heterocycles. The van der Waals surface area contributed by atoms with Crippen LogP contribution in [0.4, 0.5) is 0 Å². The van der Waals surface area contributed by atoms with E-state index < -0.39 is 0 Å². The van der Waals surface area contributed by atoms with Crippen molar-refractivity contribution in [3.8, 4) is 0 Å². The zero-order valence-corrected chi connectivity index (χ0v) is 10.4. The zero-order chi connectivity index (χ0) is 10.7. The Morgan fingerprint density at radius 3 is 2.93 bits per heavy atom. The van der Waals surface area contributed by atoms with Gasteiger partial charge in [-0.3, -0.25) is 0 Å². The monoisotopic (exact) mass is 224 g/mol. The second-order valence-electron chi connectivity index (χ2n) is 4.83. The molecule has 2 nitrogen and oxygen atoms in total. The third-order valence-electron chi connectivity index (χ3n) is 2.88. The van der Waals surface area contributed by atoms with Gasteiger partial charge in [0, 0.05) is 17.8 Å². The van der Waals surface area contributed by atoms with E-state index in [0.717, 1.165) is 24.9 Å². The predicted octanol–water partition coefficient (Wildman–Crippen LogP) is 3.16. The highest BCUT2D eigenvalue weighted by Gasteiger charge is 2.22. The molecule has 2 rings (SSSR count). The van der Waals surface area contributed by atoms with Crippen LogP contribution in [0, 0.1) is 5.92 Å². The van der Waals surface area contributed by atoms with Gasteiger partial charge in [-0.05, 0) is 25.3 Å². The van der Waals surface area contributed by atoms with E-state index in [1.807, 2.05) is 11.3 Å². The molecule has 0 unspecified atom stereocenters. The van der Waals surface area contributed by atoms with Crippen LogP contribution < -0.4 is 5.32 Å². The minimum absolute atomic E-state index is 0.717. The van der Waals surface area contributed by atoms with Crippen LogP contribution in [0.2, 0.25) is 0 Å². The summed E-state index contributed by atoms with van der Waals surface area (Å²) in [5.41, 5.74) is 1.22. The van der Waals surface area contributed by atoms with Crippen molar-refractivity contribution in [3.63, 3.8) is 0 Å². The molecule has 0 bridgehead atoms. The molecular formula is C12H20N2S. The SMILES string of the molecule is CC(C)CNCc1csc(C2CCC2)n1. The molecule has 1 saturated carbocycles. The summed E-state index contributed by atoms with van der Waals surface area (Å²) in [4.78, 5) is 4.69. The van der Waals surface area contributed by atoms with Gasteiger partial charge in [0.05, 0.1) is 10.7 Å². The topological polar surface area (TPSA) is 24.9 Å². The summed E-state index contributed by atoms with van der Waals surface area (Å²) >= 11 is 1.84. The lowest BCUT2D eigenvalue weighted by molar-refractivity contribution is 0.417. The summed E-state index contributed by atoms with van der Waals surface area (Å²) in [5.74, 6) is 1.50. The number of thiazole rings is 1. The Labute approximate surface area is 96.1 Å². The maximum atomic E-state index is 4.69. The second-order valence-corrected chi connectivity index (χ2v) is 5.72. The van der Waals surface area contributed by atoms with Crippen LogP contribution in [0.5, 0.6) is 0 Å². The summed E-state index contributed by atoms with van der Waals surface area (Å²) < 4.78 is 0. The van der Waals surface area contributed by atoms with Crippen LogP contribution in [-0.4, -0.2) is 11.5 Å². The largest absolute Gasteiger partial charge is 0.311 e. The van der Waals surface area contributed by atoms with Crippen molar-refractivity contribution >= 4 is 11.3 Å². The molecule has 0 atom stereocenters. The lowest BCUT2D eigenvalue weighted by atomic mass is 9.86. The van der Waals surface area contributed by atoms with Gasteiger partial charge in [0.1, 0.15) is 0 Å². The Kier molecular flexibility index (Phi) is 3.76. The van der Waals surface area contributed by atoms with E-state index in [9.17, 15) is 0 Å². The minimum atomic E-state index is 0.717. The van der Waals surface area contributed by atoms with Crippen LogP contribution in [0.3, 0.4) is 0 Å². The van der Waals surface area contributed by atoms with Crippen molar-refractivity contribution < 1.29 is 0 Å². The molecule has 1 aliphatic carbocycles. The molecule has 1 aromatic rings. The van der Waals surface area contributed by atoms with Gasteiger partial charge in [-0.1, -0.05) is 20.3 Å². The van der Waals surface area contributed by atoms with Gasteiger partial charge in [0.25, 0.3) is 0 Å². The fraction of sp³-hybridized carbons (Fsp3) is 0.750. The molecule has 0 aromatic carbocycles. The molecule has 15 heavy (non-hydrogen) atoms. The molecule has 0 aliphatic heterocycles. The maximum absolute atomic E-state index is 4.69. The van der Waals surface area contributed by atoms with E-state index in [2.05, 4.69) is 29.5 Å². The Hall–Kier alpha value is -0.410. The van der Waals surface area contributed by atoms with E-state index in [1.54, 1.807) is 0 Å². The first-order chi connectivity index (χ1) is 7.25. The quantitative estimate of drug-likeness (QED) is 0.831. The molecule has 84 valence electrons. The van der Waals surface area contributed by atoms with E-state index >= 15 is 0 Å². The van der Waals surface area contributed by atoms with Gasteiger partial charge in [0.2, 0.25) is 0 Å². The maximum Gasteiger partial charge on any atom is 0.0959 e. The number of rotatable bonds is 5. The molecule has 1 aliphatic rings. The number of nitrogens with zero attached hydrogens (tertiary/aromatic N) is 1. The third kappa shape index (κ3) is 3.02. The van der Waals surface area contributed by atoms with Gasteiger partial charge in [-0.2, -0.15) is 0 Å². The van der Waals surface area contributed by atoms with Crippen LogP contribution in [0.15, 0.2) is 5.38 Å². The smallest absolute Gasteiger partial charge is 0.0959 e. The summed E-state index contributed by atoms with van der Waals surface area (Å²) in [6.07, 6.45) is 4.10. The Morgan fingerprint density at radius 2 is 2.33 bits per heavy atom. The normalized spacial score (nSPS) is 17.0. The predicted molar refractivity (Wildman–Crippen MR) is 65.3 cm³/mol. The Morgan fingerprint density at radius 1 is 1.53 bits per heavy atom. The molecule has 0 amide bonds. The molecule has 1 N–H and O–H groups in total. The fourth-order valence-electron chi connectivity index (χ4n) is 1.74. The van der Waals surface area contributed by atoms with Crippen molar-refractivity contribution in [1.29, 1.82) is 0 Å². The van der Waals surface area contributed by atoms with E-state index in [4.69, 9.17) is 0 Å². The molecule has 1 aromatic heterocycles. The first-order valence-corrected chi connectivity index (χ1v) is 6.78. The number of aromatic nitrogens is 1.